The number of anilines is 1. The second kappa shape index (κ2) is 5.20. The normalized spacial score (nSPS) is 16.9. The lowest BCUT2D eigenvalue weighted by molar-refractivity contribution is 0.414. The summed E-state index contributed by atoms with van der Waals surface area (Å²) in [7, 11) is 1.73. The Balaban J connectivity index is 1.89. The van der Waals surface area contributed by atoms with Crippen LogP contribution in [-0.4, -0.2) is 7.11 Å². The van der Waals surface area contributed by atoms with Gasteiger partial charge in [-0.15, -0.1) is 0 Å². The molecule has 1 atom stereocenters. The first-order valence-electron chi connectivity index (χ1n) is 7.18. The van der Waals surface area contributed by atoms with Crippen molar-refractivity contribution >= 4 is 5.69 Å². The minimum absolute atomic E-state index is 0.389. The van der Waals surface area contributed by atoms with E-state index in [1.54, 1.807) is 7.11 Å². The molecule has 0 bridgehead atoms. The Bertz CT molecular complexity index is 633. The largest absolute Gasteiger partial charge is 0.497 e. The van der Waals surface area contributed by atoms with Crippen molar-refractivity contribution in [3.8, 4) is 5.75 Å². The highest BCUT2D eigenvalue weighted by atomic mass is 16.5. The molecule has 20 heavy (non-hydrogen) atoms. The van der Waals surface area contributed by atoms with Crippen LogP contribution in [0.15, 0.2) is 36.4 Å². The predicted octanol–water partition coefficient (Wildman–Crippen LogP) is 4.41. The zero-order valence-corrected chi connectivity index (χ0v) is 12.4. The molecule has 0 heterocycles. The Labute approximate surface area is 120 Å². The summed E-state index contributed by atoms with van der Waals surface area (Å²) in [6, 6.07) is 13.4. The number of hydrogen-bond acceptors (Lipinski definition) is 2. The summed E-state index contributed by atoms with van der Waals surface area (Å²) in [5, 5.41) is 3.70. The van der Waals surface area contributed by atoms with Gasteiger partial charge >= 0.3 is 0 Å². The molecule has 0 spiro atoms. The molecule has 3 rings (SSSR count). The predicted molar refractivity (Wildman–Crippen MR) is 83.6 cm³/mol. The Morgan fingerprint density at radius 3 is 2.75 bits per heavy atom. The molecular formula is C18H21NO. The molecule has 0 saturated heterocycles. The first kappa shape index (κ1) is 13.0. The highest BCUT2D eigenvalue weighted by molar-refractivity contribution is 5.55. The van der Waals surface area contributed by atoms with Gasteiger partial charge in [-0.05, 0) is 67.1 Å². The maximum absolute atomic E-state index is 5.35. The Morgan fingerprint density at radius 2 is 1.95 bits per heavy atom. The molecule has 0 aliphatic heterocycles. The molecule has 104 valence electrons. The van der Waals surface area contributed by atoms with Gasteiger partial charge in [-0.1, -0.05) is 18.2 Å². The van der Waals surface area contributed by atoms with Crippen LogP contribution in [0.25, 0.3) is 0 Å². The standard InChI is InChI=1S/C18H21NO/c1-12-4-5-13(2)18(10-12)19-17-9-7-14-6-8-15(20-3)11-16(14)17/h4-6,8,10-11,17,19H,7,9H2,1-3H3. The lowest BCUT2D eigenvalue weighted by Crippen LogP contribution is -2.08. The van der Waals surface area contributed by atoms with Crippen LogP contribution in [0.1, 0.15) is 34.7 Å². The van der Waals surface area contributed by atoms with Gasteiger partial charge in [-0.25, -0.2) is 0 Å². The van der Waals surface area contributed by atoms with Crippen molar-refractivity contribution in [2.24, 2.45) is 0 Å². The van der Waals surface area contributed by atoms with E-state index in [4.69, 9.17) is 4.74 Å². The van der Waals surface area contributed by atoms with Crippen molar-refractivity contribution in [1.82, 2.24) is 0 Å². The van der Waals surface area contributed by atoms with E-state index in [9.17, 15) is 0 Å². The van der Waals surface area contributed by atoms with E-state index in [1.807, 2.05) is 0 Å². The number of fused-ring (bicyclic) bond motifs is 1. The van der Waals surface area contributed by atoms with Gasteiger partial charge < -0.3 is 10.1 Å². The van der Waals surface area contributed by atoms with Gasteiger partial charge in [-0.3, -0.25) is 0 Å². The summed E-state index contributed by atoms with van der Waals surface area (Å²) >= 11 is 0. The third-order valence-electron chi connectivity index (χ3n) is 4.15. The summed E-state index contributed by atoms with van der Waals surface area (Å²) in [5.74, 6) is 0.943. The number of ether oxygens (including phenoxy) is 1. The lowest BCUT2D eigenvalue weighted by atomic mass is 10.1. The minimum atomic E-state index is 0.389. The van der Waals surface area contributed by atoms with Gasteiger partial charge in [0.05, 0.1) is 13.2 Å². The maximum Gasteiger partial charge on any atom is 0.119 e. The first-order chi connectivity index (χ1) is 9.67. The average molecular weight is 267 g/mol. The number of hydrogen-bond donors (Lipinski definition) is 1. The van der Waals surface area contributed by atoms with Crippen molar-refractivity contribution < 1.29 is 4.74 Å². The van der Waals surface area contributed by atoms with E-state index in [-0.39, 0.29) is 0 Å². The summed E-state index contributed by atoms with van der Waals surface area (Å²) in [4.78, 5) is 0. The molecule has 2 nitrogen and oxygen atoms in total. The molecule has 1 unspecified atom stereocenters. The molecule has 2 heteroatoms. The monoisotopic (exact) mass is 267 g/mol. The summed E-state index contributed by atoms with van der Waals surface area (Å²) < 4.78 is 5.35. The van der Waals surface area contributed by atoms with E-state index in [1.165, 1.54) is 27.9 Å². The fourth-order valence-corrected chi connectivity index (χ4v) is 2.94. The van der Waals surface area contributed by atoms with E-state index in [0.717, 1.165) is 18.6 Å². The van der Waals surface area contributed by atoms with Crippen molar-refractivity contribution in [2.75, 3.05) is 12.4 Å². The molecule has 0 aromatic heterocycles. The van der Waals surface area contributed by atoms with E-state index < -0.39 is 0 Å². The minimum Gasteiger partial charge on any atom is -0.497 e. The van der Waals surface area contributed by atoms with Crippen molar-refractivity contribution in [3.63, 3.8) is 0 Å². The van der Waals surface area contributed by atoms with Crippen LogP contribution < -0.4 is 10.1 Å². The van der Waals surface area contributed by atoms with Crippen molar-refractivity contribution in [2.45, 2.75) is 32.7 Å². The molecule has 0 saturated carbocycles. The Morgan fingerprint density at radius 1 is 1.10 bits per heavy atom. The van der Waals surface area contributed by atoms with Crippen LogP contribution in [0.3, 0.4) is 0 Å². The van der Waals surface area contributed by atoms with E-state index in [0.29, 0.717) is 6.04 Å². The number of benzene rings is 2. The smallest absolute Gasteiger partial charge is 0.119 e. The zero-order valence-electron chi connectivity index (χ0n) is 12.4. The van der Waals surface area contributed by atoms with E-state index >= 15 is 0 Å². The third-order valence-corrected chi connectivity index (χ3v) is 4.15. The highest BCUT2D eigenvalue weighted by Gasteiger charge is 2.23. The molecule has 2 aromatic rings. The van der Waals surface area contributed by atoms with Crippen LogP contribution in [0, 0.1) is 13.8 Å². The molecular weight excluding hydrogens is 246 g/mol. The summed E-state index contributed by atoms with van der Waals surface area (Å²) in [6.45, 7) is 4.29. The van der Waals surface area contributed by atoms with Crippen LogP contribution in [-0.2, 0) is 6.42 Å². The topological polar surface area (TPSA) is 21.3 Å². The van der Waals surface area contributed by atoms with Gasteiger partial charge in [0.1, 0.15) is 5.75 Å². The molecule has 1 aliphatic carbocycles. The van der Waals surface area contributed by atoms with Crippen LogP contribution in [0.4, 0.5) is 5.69 Å². The lowest BCUT2D eigenvalue weighted by Gasteiger charge is -2.18. The maximum atomic E-state index is 5.35. The quantitative estimate of drug-likeness (QED) is 0.889. The third kappa shape index (κ3) is 2.38. The van der Waals surface area contributed by atoms with Gasteiger partial charge in [0, 0.05) is 5.69 Å². The fourth-order valence-electron chi connectivity index (χ4n) is 2.94. The molecule has 0 amide bonds. The van der Waals surface area contributed by atoms with Gasteiger partial charge in [0.15, 0.2) is 0 Å². The zero-order chi connectivity index (χ0) is 14.1. The second-order valence-corrected chi connectivity index (χ2v) is 5.62. The summed E-state index contributed by atoms with van der Waals surface area (Å²) in [6.07, 6.45) is 2.29. The van der Waals surface area contributed by atoms with Crippen LogP contribution >= 0.6 is 0 Å². The van der Waals surface area contributed by atoms with Crippen molar-refractivity contribution in [1.29, 1.82) is 0 Å². The molecule has 0 radical (unpaired) electrons. The van der Waals surface area contributed by atoms with E-state index in [2.05, 4.69) is 55.6 Å². The molecule has 0 fully saturated rings. The number of rotatable bonds is 3. The van der Waals surface area contributed by atoms with Crippen molar-refractivity contribution in [3.05, 3.63) is 58.7 Å². The van der Waals surface area contributed by atoms with Crippen LogP contribution in [0.2, 0.25) is 0 Å². The number of aryl methyl sites for hydroxylation is 3. The summed E-state index contributed by atoms with van der Waals surface area (Å²) in [5.41, 5.74) is 6.65. The van der Waals surface area contributed by atoms with Gasteiger partial charge in [-0.2, -0.15) is 0 Å². The Hall–Kier alpha value is -1.96. The first-order valence-corrected chi connectivity index (χ1v) is 7.18. The SMILES string of the molecule is COc1ccc2c(c1)C(Nc1cc(C)ccc1C)CC2. The van der Waals surface area contributed by atoms with Gasteiger partial charge in [0.2, 0.25) is 0 Å². The average Bonchev–Trinajstić information content (AvgIpc) is 2.85. The second-order valence-electron chi connectivity index (χ2n) is 5.62. The highest BCUT2D eigenvalue weighted by Crippen LogP contribution is 2.36. The molecule has 1 aliphatic rings. The molecule has 2 aromatic carbocycles. The Kier molecular flexibility index (Phi) is 3.39. The fraction of sp³-hybridized carbons (Fsp3) is 0.333. The number of methoxy groups -OCH3 is 1. The van der Waals surface area contributed by atoms with Crippen LogP contribution in [0.5, 0.6) is 5.75 Å². The number of nitrogens with one attached hydrogen (secondary N) is 1. The molecule has 1 N–H and O–H groups in total. The van der Waals surface area contributed by atoms with Gasteiger partial charge in [0.25, 0.3) is 0 Å².